The van der Waals surface area contributed by atoms with E-state index in [1.54, 1.807) is 13.0 Å². The maximum Gasteiger partial charge on any atom is 0.417 e. The summed E-state index contributed by atoms with van der Waals surface area (Å²) < 4.78 is 64.0. The van der Waals surface area contributed by atoms with Gasteiger partial charge in [0, 0.05) is 10.7 Å². The number of rotatable bonds is 5. The number of alkyl halides is 3. The number of halogens is 5. The maximum absolute atomic E-state index is 13.1. The summed E-state index contributed by atoms with van der Waals surface area (Å²) in [7, 11) is -4.06. The standard InChI is InChI=1S/C17H15Cl2F3N2O3S/c1-10-7-11(18)3-6-15(10)23-16(25)9-24(28(2,26)27)12-4-5-14(19)13(8-12)17(20,21)22/h3-8H,9H2,1-2H3,(H,23,25). The highest BCUT2D eigenvalue weighted by Crippen LogP contribution is 2.37. The average molecular weight is 455 g/mol. The van der Waals surface area contributed by atoms with Crippen molar-refractivity contribution in [1.29, 1.82) is 0 Å². The summed E-state index contributed by atoms with van der Waals surface area (Å²) in [6.07, 6.45) is -3.99. The lowest BCUT2D eigenvalue weighted by Gasteiger charge is -2.23. The highest BCUT2D eigenvalue weighted by atomic mass is 35.5. The van der Waals surface area contributed by atoms with Crippen LogP contribution in [0.3, 0.4) is 0 Å². The highest BCUT2D eigenvalue weighted by Gasteiger charge is 2.34. The minimum Gasteiger partial charge on any atom is -0.324 e. The lowest BCUT2D eigenvalue weighted by atomic mass is 10.2. The molecular weight excluding hydrogens is 440 g/mol. The van der Waals surface area contributed by atoms with Gasteiger partial charge in [0.15, 0.2) is 0 Å². The van der Waals surface area contributed by atoms with Crippen LogP contribution in [0.5, 0.6) is 0 Å². The Bertz CT molecular complexity index is 1010. The lowest BCUT2D eigenvalue weighted by Crippen LogP contribution is -2.37. The van der Waals surface area contributed by atoms with E-state index in [1.807, 2.05) is 0 Å². The number of hydrogen-bond acceptors (Lipinski definition) is 3. The summed E-state index contributed by atoms with van der Waals surface area (Å²) in [6.45, 7) is 0.963. The molecule has 0 fully saturated rings. The molecule has 0 aliphatic rings. The molecule has 2 rings (SSSR count). The number of anilines is 2. The number of sulfonamides is 1. The molecule has 0 aliphatic heterocycles. The number of nitrogens with zero attached hydrogens (tertiary/aromatic N) is 1. The molecular formula is C17H15Cl2F3N2O3S. The topological polar surface area (TPSA) is 66.5 Å². The van der Waals surface area contributed by atoms with Crippen molar-refractivity contribution < 1.29 is 26.4 Å². The predicted molar refractivity (Wildman–Crippen MR) is 103 cm³/mol. The van der Waals surface area contributed by atoms with E-state index in [2.05, 4.69) is 5.32 Å². The van der Waals surface area contributed by atoms with Gasteiger partial charge in [-0.15, -0.1) is 0 Å². The van der Waals surface area contributed by atoms with Crippen LogP contribution in [-0.4, -0.2) is 27.1 Å². The second-order valence-electron chi connectivity index (χ2n) is 5.94. The van der Waals surface area contributed by atoms with Crippen LogP contribution in [0.25, 0.3) is 0 Å². The van der Waals surface area contributed by atoms with E-state index in [1.165, 1.54) is 12.1 Å². The fourth-order valence-corrected chi connectivity index (χ4v) is 3.67. The fraction of sp³-hybridized carbons (Fsp3) is 0.235. The van der Waals surface area contributed by atoms with Gasteiger partial charge in [-0.25, -0.2) is 8.42 Å². The number of aryl methyl sites for hydroxylation is 1. The van der Waals surface area contributed by atoms with Crippen molar-refractivity contribution in [2.75, 3.05) is 22.4 Å². The first-order valence-corrected chi connectivity index (χ1v) is 10.3. The van der Waals surface area contributed by atoms with Crippen LogP contribution in [0.4, 0.5) is 24.5 Å². The number of benzene rings is 2. The Labute approximate surface area is 170 Å². The van der Waals surface area contributed by atoms with E-state index in [0.29, 0.717) is 26.6 Å². The Kier molecular flexibility index (Phi) is 6.52. The number of hydrogen-bond donors (Lipinski definition) is 1. The Morgan fingerprint density at radius 3 is 2.32 bits per heavy atom. The fourth-order valence-electron chi connectivity index (χ4n) is 2.37. The molecule has 5 nitrogen and oxygen atoms in total. The smallest absolute Gasteiger partial charge is 0.324 e. The summed E-state index contributed by atoms with van der Waals surface area (Å²) in [5, 5.41) is 2.39. The molecule has 1 amide bonds. The van der Waals surface area contributed by atoms with Gasteiger partial charge in [-0.1, -0.05) is 23.2 Å². The van der Waals surface area contributed by atoms with Crippen molar-refractivity contribution >= 4 is 50.5 Å². The zero-order valence-electron chi connectivity index (χ0n) is 14.6. The van der Waals surface area contributed by atoms with Crippen LogP contribution in [0.2, 0.25) is 10.0 Å². The van der Waals surface area contributed by atoms with E-state index in [9.17, 15) is 26.4 Å². The summed E-state index contributed by atoms with van der Waals surface area (Å²) in [5.41, 5.74) is -0.496. The van der Waals surface area contributed by atoms with Crippen LogP contribution in [0.15, 0.2) is 36.4 Å². The molecule has 0 radical (unpaired) electrons. The van der Waals surface area contributed by atoms with Gasteiger partial charge in [0.2, 0.25) is 15.9 Å². The van der Waals surface area contributed by atoms with Crippen LogP contribution >= 0.6 is 23.2 Å². The minimum atomic E-state index is -4.78. The van der Waals surface area contributed by atoms with Crippen molar-refractivity contribution in [3.8, 4) is 0 Å². The molecule has 0 bridgehead atoms. The first-order valence-electron chi connectivity index (χ1n) is 7.69. The summed E-state index contributed by atoms with van der Waals surface area (Å²) in [5.74, 6) is -0.737. The molecule has 28 heavy (non-hydrogen) atoms. The van der Waals surface area contributed by atoms with Gasteiger partial charge in [0.25, 0.3) is 0 Å². The molecule has 0 saturated heterocycles. The highest BCUT2D eigenvalue weighted by molar-refractivity contribution is 7.92. The first-order chi connectivity index (χ1) is 12.8. The minimum absolute atomic E-state index is 0.331. The quantitative estimate of drug-likeness (QED) is 0.710. The van der Waals surface area contributed by atoms with Crippen LogP contribution < -0.4 is 9.62 Å². The normalized spacial score (nSPS) is 12.0. The van der Waals surface area contributed by atoms with Crippen LogP contribution in [0.1, 0.15) is 11.1 Å². The third-order valence-electron chi connectivity index (χ3n) is 3.69. The average Bonchev–Trinajstić information content (AvgIpc) is 2.54. The maximum atomic E-state index is 13.1. The van der Waals surface area contributed by atoms with Crippen LogP contribution in [-0.2, 0) is 21.0 Å². The largest absolute Gasteiger partial charge is 0.417 e. The van der Waals surface area contributed by atoms with Crippen molar-refractivity contribution in [3.05, 3.63) is 57.6 Å². The van der Waals surface area contributed by atoms with Gasteiger partial charge in [0.1, 0.15) is 6.54 Å². The third-order valence-corrected chi connectivity index (χ3v) is 5.40. The molecule has 0 aliphatic carbocycles. The molecule has 0 aromatic heterocycles. The predicted octanol–water partition coefficient (Wildman–Crippen LogP) is 4.73. The number of carbonyl (C=O) groups excluding carboxylic acids is 1. The van der Waals surface area contributed by atoms with Crippen LogP contribution in [0, 0.1) is 6.92 Å². The van der Waals surface area contributed by atoms with Crippen molar-refractivity contribution in [1.82, 2.24) is 0 Å². The zero-order valence-corrected chi connectivity index (χ0v) is 17.0. The van der Waals surface area contributed by atoms with Gasteiger partial charge in [-0.2, -0.15) is 13.2 Å². The Morgan fingerprint density at radius 2 is 1.79 bits per heavy atom. The SMILES string of the molecule is Cc1cc(Cl)ccc1NC(=O)CN(c1ccc(Cl)c(C(F)(F)F)c1)S(C)(=O)=O. The number of carbonyl (C=O) groups is 1. The Hall–Kier alpha value is -1.97. The second kappa shape index (κ2) is 8.18. The van der Waals surface area contributed by atoms with E-state index in [4.69, 9.17) is 23.2 Å². The Balaban J connectivity index is 2.34. The molecule has 2 aromatic carbocycles. The monoisotopic (exact) mass is 454 g/mol. The van der Waals surface area contributed by atoms with Gasteiger partial charge >= 0.3 is 6.18 Å². The molecule has 0 atom stereocenters. The zero-order chi connectivity index (χ0) is 21.3. The third kappa shape index (κ3) is 5.52. The summed E-state index contributed by atoms with van der Waals surface area (Å²) in [6, 6.07) is 7.28. The number of amides is 1. The molecule has 0 spiro atoms. The molecule has 0 saturated carbocycles. The van der Waals surface area contributed by atoms with E-state index < -0.39 is 39.2 Å². The molecule has 0 unspecified atom stereocenters. The van der Waals surface area contributed by atoms with Gasteiger partial charge in [-0.05, 0) is 48.9 Å². The van der Waals surface area contributed by atoms with E-state index >= 15 is 0 Å². The van der Waals surface area contributed by atoms with Gasteiger partial charge in [0.05, 0.1) is 22.5 Å². The second-order valence-corrected chi connectivity index (χ2v) is 8.69. The molecule has 11 heteroatoms. The Morgan fingerprint density at radius 1 is 1.14 bits per heavy atom. The van der Waals surface area contributed by atoms with Gasteiger partial charge in [-0.3, -0.25) is 9.10 Å². The first kappa shape index (κ1) is 22.3. The lowest BCUT2D eigenvalue weighted by molar-refractivity contribution is -0.137. The van der Waals surface area contributed by atoms with Crippen molar-refractivity contribution in [3.63, 3.8) is 0 Å². The van der Waals surface area contributed by atoms with Crippen molar-refractivity contribution in [2.45, 2.75) is 13.1 Å². The van der Waals surface area contributed by atoms with E-state index in [0.717, 1.165) is 18.4 Å². The summed E-state index contributed by atoms with van der Waals surface area (Å²) in [4.78, 5) is 12.3. The number of nitrogens with one attached hydrogen (secondary N) is 1. The molecule has 152 valence electrons. The van der Waals surface area contributed by atoms with Gasteiger partial charge < -0.3 is 5.32 Å². The van der Waals surface area contributed by atoms with E-state index in [-0.39, 0.29) is 5.69 Å². The molecule has 2 aromatic rings. The molecule has 0 heterocycles. The molecule has 1 N–H and O–H groups in total. The summed E-state index contributed by atoms with van der Waals surface area (Å²) >= 11 is 11.4. The van der Waals surface area contributed by atoms with Crippen molar-refractivity contribution in [2.24, 2.45) is 0 Å².